The minimum Gasteiger partial charge on any atom is -0.441 e. The standard InChI is InChI=1S/C41H48F3N4O6P/c1-26(2)48(27(3)4)55(53-23-21-45-7)52-22-13-9-8-12-20-39(6)35-24-29(46-28(5)49)16-18-33(35)40(32-15-11-10-14-31(32)37(50)54-40)34-19-17-30(25-36(34)39)47-38(51)41(42,43)44/h10-11,14-19,24-27H,8-9,12-13,20-23H2,1-6H3,(H,46,49)(H,47,51). The molecule has 0 bridgehead atoms. The Balaban J connectivity index is 1.47. The Morgan fingerprint density at radius 3 is 2.02 bits per heavy atom. The molecule has 2 amide bonds. The van der Waals surface area contributed by atoms with Gasteiger partial charge in [-0.15, -0.1) is 0 Å². The summed E-state index contributed by atoms with van der Waals surface area (Å²) in [6.45, 7) is 19.9. The first kappa shape index (κ1) is 41.8. The lowest BCUT2D eigenvalue weighted by molar-refractivity contribution is -0.167. The van der Waals surface area contributed by atoms with Gasteiger partial charge in [-0.2, -0.15) is 13.2 Å². The molecule has 1 spiro atoms. The minimum absolute atomic E-state index is 0.0503. The van der Waals surface area contributed by atoms with E-state index in [9.17, 15) is 27.6 Å². The first-order valence-corrected chi connectivity index (χ1v) is 19.6. The number of hydrogen-bond acceptors (Lipinski definition) is 7. The molecule has 5 rings (SSSR count). The number of nitrogens with one attached hydrogen (secondary N) is 2. The summed E-state index contributed by atoms with van der Waals surface area (Å²) >= 11 is 0. The maximum Gasteiger partial charge on any atom is 0.471 e. The van der Waals surface area contributed by atoms with Gasteiger partial charge in [0.1, 0.15) is 6.61 Å². The second-order valence-corrected chi connectivity index (χ2v) is 16.1. The molecule has 3 aromatic carbocycles. The summed E-state index contributed by atoms with van der Waals surface area (Å²) in [6.07, 6.45) is -1.46. The predicted molar refractivity (Wildman–Crippen MR) is 206 cm³/mol. The number of nitrogens with zero attached hydrogens (tertiary/aromatic N) is 2. The highest BCUT2D eigenvalue weighted by molar-refractivity contribution is 7.44. The van der Waals surface area contributed by atoms with Gasteiger partial charge in [0.05, 0.1) is 12.2 Å². The smallest absolute Gasteiger partial charge is 0.441 e. The molecule has 1 aliphatic carbocycles. The van der Waals surface area contributed by atoms with Crippen molar-refractivity contribution in [2.24, 2.45) is 0 Å². The van der Waals surface area contributed by atoms with E-state index in [4.69, 9.17) is 20.4 Å². The largest absolute Gasteiger partial charge is 0.471 e. The van der Waals surface area contributed by atoms with Crippen LogP contribution in [0.3, 0.4) is 0 Å². The zero-order valence-electron chi connectivity index (χ0n) is 32.0. The third-order valence-electron chi connectivity index (χ3n) is 10.0. The summed E-state index contributed by atoms with van der Waals surface area (Å²) in [6, 6.07) is 17.4. The first-order chi connectivity index (χ1) is 26.0. The normalized spacial score (nSPS) is 19.1. The summed E-state index contributed by atoms with van der Waals surface area (Å²) in [4.78, 5) is 41.2. The molecule has 0 saturated heterocycles. The number of ether oxygens (including phenoxy) is 1. The SMILES string of the molecule is [C-]#[N+]CCOP(OCCCCCCC1(C)c2cc(NC(C)=O)ccc2C2(OC(=O)c3ccccc32)c2ccc(NC(=O)C(F)(F)F)cc21)N(C(C)C)C(C)C. The highest BCUT2D eigenvalue weighted by Gasteiger charge is 2.56. The number of alkyl halides is 3. The molecule has 3 aromatic rings. The summed E-state index contributed by atoms with van der Waals surface area (Å²) in [5.41, 5.74) is 1.74. The molecule has 3 atom stereocenters. The van der Waals surface area contributed by atoms with Crippen LogP contribution in [0.15, 0.2) is 60.7 Å². The molecule has 0 fully saturated rings. The predicted octanol–water partition coefficient (Wildman–Crippen LogP) is 9.48. The van der Waals surface area contributed by atoms with Crippen LogP contribution in [0.4, 0.5) is 24.5 Å². The number of carbonyl (C=O) groups is 3. The lowest BCUT2D eigenvalue weighted by Gasteiger charge is -2.46. The van der Waals surface area contributed by atoms with Crippen LogP contribution in [0.25, 0.3) is 4.85 Å². The minimum atomic E-state index is -5.10. The van der Waals surface area contributed by atoms with Crippen molar-refractivity contribution in [3.63, 3.8) is 0 Å². The topological polar surface area (TPSA) is 111 Å². The van der Waals surface area contributed by atoms with Gasteiger partial charge in [-0.05, 0) is 82.0 Å². The van der Waals surface area contributed by atoms with E-state index in [2.05, 4.69) is 42.5 Å². The molecule has 1 heterocycles. The van der Waals surface area contributed by atoms with Crippen LogP contribution in [-0.2, 0) is 34.4 Å². The second-order valence-electron chi connectivity index (χ2n) is 14.6. The average molecular weight is 781 g/mol. The van der Waals surface area contributed by atoms with Gasteiger partial charge < -0.3 is 29.3 Å². The van der Waals surface area contributed by atoms with E-state index >= 15 is 0 Å². The summed E-state index contributed by atoms with van der Waals surface area (Å²) in [7, 11) is -1.35. The van der Waals surface area contributed by atoms with Crippen molar-refractivity contribution >= 4 is 37.7 Å². The van der Waals surface area contributed by atoms with E-state index < -0.39 is 37.6 Å². The fraction of sp³-hybridized carbons (Fsp3) is 0.463. The molecule has 1 aliphatic heterocycles. The van der Waals surface area contributed by atoms with Gasteiger partial charge >= 0.3 is 18.1 Å². The third kappa shape index (κ3) is 8.73. The van der Waals surface area contributed by atoms with E-state index in [1.807, 2.05) is 30.4 Å². The third-order valence-corrected chi connectivity index (χ3v) is 12.1. The van der Waals surface area contributed by atoms with Crippen LogP contribution in [0.5, 0.6) is 0 Å². The average Bonchev–Trinajstić information content (AvgIpc) is 3.41. The van der Waals surface area contributed by atoms with E-state index in [1.165, 1.54) is 13.0 Å². The molecule has 0 aromatic heterocycles. The molecule has 3 unspecified atom stereocenters. The molecular formula is C41H48F3N4O6P. The lowest BCUT2D eigenvalue weighted by Crippen LogP contribution is -2.42. The van der Waals surface area contributed by atoms with E-state index in [0.717, 1.165) is 24.8 Å². The number of benzene rings is 3. The molecule has 294 valence electrons. The Morgan fingerprint density at radius 1 is 0.855 bits per heavy atom. The number of esters is 1. The summed E-state index contributed by atoms with van der Waals surface area (Å²) < 4.78 is 61.0. The number of anilines is 2. The van der Waals surface area contributed by atoms with Crippen LogP contribution in [-0.4, -0.2) is 60.5 Å². The van der Waals surface area contributed by atoms with Crippen molar-refractivity contribution in [1.29, 1.82) is 0 Å². The number of fused-ring (bicyclic) bond motifs is 6. The Hall–Kier alpha value is -4.34. The Labute approximate surface area is 321 Å². The highest BCUT2D eigenvalue weighted by Crippen LogP contribution is 2.58. The monoisotopic (exact) mass is 780 g/mol. The summed E-state index contributed by atoms with van der Waals surface area (Å²) in [5, 5.41) is 4.85. The van der Waals surface area contributed by atoms with E-state index in [0.29, 0.717) is 59.6 Å². The van der Waals surface area contributed by atoms with Gasteiger partial charge in [-0.1, -0.05) is 56.5 Å². The highest BCUT2D eigenvalue weighted by atomic mass is 31.2. The lowest BCUT2D eigenvalue weighted by atomic mass is 9.59. The second kappa shape index (κ2) is 17.2. The molecule has 0 radical (unpaired) electrons. The van der Waals surface area contributed by atoms with Gasteiger partial charge in [0.15, 0.2) is 5.60 Å². The van der Waals surface area contributed by atoms with Gasteiger partial charge in [-0.25, -0.2) is 16.0 Å². The molecule has 55 heavy (non-hydrogen) atoms. The van der Waals surface area contributed by atoms with Crippen LogP contribution in [0.1, 0.15) is 112 Å². The Bertz CT molecular complexity index is 1940. The van der Waals surface area contributed by atoms with E-state index in [1.54, 1.807) is 36.4 Å². The van der Waals surface area contributed by atoms with Crippen molar-refractivity contribution in [3.05, 3.63) is 105 Å². The molecule has 0 saturated carbocycles. The molecule has 14 heteroatoms. The van der Waals surface area contributed by atoms with Gasteiger partial charge in [0.25, 0.3) is 8.53 Å². The van der Waals surface area contributed by atoms with Crippen LogP contribution >= 0.6 is 8.53 Å². The van der Waals surface area contributed by atoms with Gasteiger partial charge in [0, 0.05) is 52.5 Å². The molecule has 2 aliphatic rings. The van der Waals surface area contributed by atoms with Crippen LogP contribution < -0.4 is 10.6 Å². The quantitative estimate of drug-likeness (QED) is 0.0645. The number of halogens is 3. The maximum atomic E-state index is 13.5. The van der Waals surface area contributed by atoms with E-state index in [-0.39, 0.29) is 30.2 Å². The van der Waals surface area contributed by atoms with Gasteiger partial charge in [-0.3, -0.25) is 9.59 Å². The molecular weight excluding hydrogens is 732 g/mol. The Kier molecular flexibility index (Phi) is 13.1. The fourth-order valence-electron chi connectivity index (χ4n) is 7.74. The Morgan fingerprint density at radius 2 is 1.44 bits per heavy atom. The van der Waals surface area contributed by atoms with Crippen LogP contribution in [0, 0.1) is 6.57 Å². The maximum absolute atomic E-state index is 13.5. The molecule has 2 N–H and O–H groups in total. The number of unbranched alkanes of at least 4 members (excludes halogenated alkanes) is 3. The van der Waals surface area contributed by atoms with Gasteiger partial charge in [0.2, 0.25) is 12.5 Å². The molecule has 10 nitrogen and oxygen atoms in total. The van der Waals surface area contributed by atoms with Crippen LogP contribution in [0.2, 0.25) is 0 Å². The number of rotatable bonds is 16. The fourth-order valence-corrected chi connectivity index (χ4v) is 9.36. The zero-order chi connectivity index (χ0) is 40.1. The first-order valence-electron chi connectivity index (χ1n) is 18.5. The summed E-state index contributed by atoms with van der Waals surface area (Å²) in [5.74, 6) is -2.92. The van der Waals surface area contributed by atoms with Crippen molar-refractivity contribution in [2.75, 3.05) is 30.4 Å². The van der Waals surface area contributed by atoms with Crippen molar-refractivity contribution < 1.29 is 41.3 Å². The number of carbonyl (C=O) groups excluding carboxylic acids is 3. The van der Waals surface area contributed by atoms with Crippen molar-refractivity contribution in [1.82, 2.24) is 4.67 Å². The number of amides is 2. The van der Waals surface area contributed by atoms with Crippen molar-refractivity contribution in [3.8, 4) is 0 Å². The number of hydrogen-bond donors (Lipinski definition) is 2. The zero-order valence-corrected chi connectivity index (χ0v) is 32.9. The van der Waals surface area contributed by atoms with Crippen molar-refractivity contribution in [2.45, 2.75) is 103 Å².